The van der Waals surface area contributed by atoms with Gasteiger partial charge in [0, 0.05) is 11.4 Å². The predicted molar refractivity (Wildman–Crippen MR) is 81.2 cm³/mol. The van der Waals surface area contributed by atoms with E-state index in [0.29, 0.717) is 12.1 Å². The summed E-state index contributed by atoms with van der Waals surface area (Å²) in [5, 5.41) is 9.85. The van der Waals surface area contributed by atoms with Gasteiger partial charge >= 0.3 is 5.97 Å². The number of carbonyl (C=O) groups is 1. The molecule has 1 aliphatic rings. The number of aromatic nitrogens is 2. The second-order valence-corrected chi connectivity index (χ2v) is 6.56. The monoisotopic (exact) mass is 294 g/mol. The van der Waals surface area contributed by atoms with Crippen molar-refractivity contribution in [1.29, 1.82) is 0 Å². The predicted octanol–water partition coefficient (Wildman–Crippen LogP) is 3.69. The molecule has 4 nitrogen and oxygen atoms in total. The quantitative estimate of drug-likeness (QED) is 0.867. The van der Waals surface area contributed by atoms with Crippen LogP contribution >= 0.6 is 11.8 Å². The molecule has 0 radical (unpaired) electrons. The lowest BCUT2D eigenvalue weighted by atomic mass is 10.0. The van der Waals surface area contributed by atoms with Crippen molar-refractivity contribution in [3.05, 3.63) is 23.3 Å². The first-order chi connectivity index (χ1) is 9.70. The van der Waals surface area contributed by atoms with E-state index in [9.17, 15) is 4.79 Å². The molecule has 2 rings (SSSR count). The van der Waals surface area contributed by atoms with Crippen molar-refractivity contribution in [2.24, 2.45) is 0 Å². The van der Waals surface area contributed by atoms with Gasteiger partial charge in [0.15, 0.2) is 0 Å². The van der Waals surface area contributed by atoms with Gasteiger partial charge < -0.3 is 5.11 Å². The Kier molecular flexibility index (Phi) is 5.83. The molecule has 1 heterocycles. The maximum absolute atomic E-state index is 11.1. The second-order valence-electron chi connectivity index (χ2n) is 5.27. The number of nitrogens with zero attached hydrogens (tertiary/aromatic N) is 2. The molecule has 1 saturated carbocycles. The fraction of sp³-hybridized carbons (Fsp3) is 0.667. The lowest BCUT2D eigenvalue weighted by Crippen LogP contribution is -2.11. The molecule has 0 spiro atoms. The molecule has 0 aliphatic heterocycles. The highest BCUT2D eigenvalue weighted by atomic mass is 32.2. The van der Waals surface area contributed by atoms with Crippen LogP contribution in [0.3, 0.4) is 0 Å². The van der Waals surface area contributed by atoms with Gasteiger partial charge in [-0.2, -0.15) is 11.8 Å². The van der Waals surface area contributed by atoms with Crippen LogP contribution in [0.4, 0.5) is 0 Å². The van der Waals surface area contributed by atoms with E-state index in [-0.39, 0.29) is 5.56 Å². The summed E-state index contributed by atoms with van der Waals surface area (Å²) in [5.74, 6) is 0.635. The van der Waals surface area contributed by atoms with Gasteiger partial charge in [-0.15, -0.1) is 0 Å². The Balaban J connectivity index is 2.00. The number of carboxylic acids is 1. The highest BCUT2D eigenvalue weighted by Gasteiger charge is 2.16. The minimum Gasteiger partial charge on any atom is -0.478 e. The molecule has 1 aromatic heterocycles. The minimum atomic E-state index is -0.931. The van der Waals surface area contributed by atoms with E-state index < -0.39 is 5.97 Å². The Bertz CT molecular complexity index is 459. The highest BCUT2D eigenvalue weighted by molar-refractivity contribution is 7.99. The molecular weight excluding hydrogens is 272 g/mol. The third-order valence-corrected chi connectivity index (χ3v) is 5.00. The first-order valence-corrected chi connectivity index (χ1v) is 8.45. The van der Waals surface area contributed by atoms with Gasteiger partial charge in [0.1, 0.15) is 5.82 Å². The van der Waals surface area contributed by atoms with E-state index in [0.717, 1.165) is 23.2 Å². The number of aryl methyl sites for hydroxylation is 1. The minimum absolute atomic E-state index is 0.248. The summed E-state index contributed by atoms with van der Waals surface area (Å²) in [6.07, 6.45) is 9.67. The zero-order valence-corrected chi connectivity index (χ0v) is 12.8. The van der Waals surface area contributed by atoms with Crippen molar-refractivity contribution in [2.45, 2.75) is 62.9 Å². The molecule has 0 bridgehead atoms. The van der Waals surface area contributed by atoms with E-state index in [2.05, 4.69) is 9.97 Å². The van der Waals surface area contributed by atoms with Crippen molar-refractivity contribution in [3.8, 4) is 0 Å². The van der Waals surface area contributed by atoms with E-state index in [1.165, 1.54) is 38.3 Å². The van der Waals surface area contributed by atoms with Crippen LogP contribution in [0.15, 0.2) is 6.20 Å². The molecule has 0 unspecified atom stereocenters. The van der Waals surface area contributed by atoms with Crippen LogP contribution < -0.4 is 0 Å². The lowest BCUT2D eigenvalue weighted by Gasteiger charge is -2.20. The SMILES string of the molecule is CCCc1nc(CSC2CCCCC2)ncc1C(=O)O. The van der Waals surface area contributed by atoms with Crippen LogP contribution in [0.1, 0.15) is 67.3 Å². The largest absolute Gasteiger partial charge is 0.478 e. The third kappa shape index (κ3) is 4.20. The van der Waals surface area contributed by atoms with Crippen molar-refractivity contribution in [3.63, 3.8) is 0 Å². The molecule has 20 heavy (non-hydrogen) atoms. The highest BCUT2D eigenvalue weighted by Crippen LogP contribution is 2.29. The van der Waals surface area contributed by atoms with Crippen molar-refractivity contribution < 1.29 is 9.90 Å². The molecule has 0 aromatic carbocycles. The summed E-state index contributed by atoms with van der Waals surface area (Å²) in [6.45, 7) is 2.03. The van der Waals surface area contributed by atoms with Crippen LogP contribution in [0.5, 0.6) is 0 Å². The number of hydrogen-bond acceptors (Lipinski definition) is 4. The van der Waals surface area contributed by atoms with Crippen molar-refractivity contribution >= 4 is 17.7 Å². The average Bonchev–Trinajstić information content (AvgIpc) is 2.46. The van der Waals surface area contributed by atoms with Crippen LogP contribution in [0.2, 0.25) is 0 Å². The Hall–Kier alpha value is -1.10. The Labute approximate surface area is 124 Å². The zero-order chi connectivity index (χ0) is 14.4. The average molecular weight is 294 g/mol. The maximum Gasteiger partial charge on any atom is 0.339 e. The van der Waals surface area contributed by atoms with E-state index in [1.54, 1.807) is 0 Å². The fourth-order valence-electron chi connectivity index (χ4n) is 2.56. The van der Waals surface area contributed by atoms with Gasteiger partial charge in [-0.25, -0.2) is 14.8 Å². The number of aromatic carboxylic acids is 1. The molecule has 1 N–H and O–H groups in total. The molecule has 0 atom stereocenters. The molecule has 0 amide bonds. The number of carboxylic acid groups (broad SMARTS) is 1. The van der Waals surface area contributed by atoms with Crippen LogP contribution in [0, 0.1) is 0 Å². The fourth-order valence-corrected chi connectivity index (χ4v) is 3.75. The Morgan fingerprint density at radius 3 is 2.80 bits per heavy atom. The van der Waals surface area contributed by atoms with Gasteiger partial charge in [-0.3, -0.25) is 0 Å². The Morgan fingerprint density at radius 1 is 1.40 bits per heavy atom. The Morgan fingerprint density at radius 2 is 2.15 bits per heavy atom. The summed E-state index contributed by atoms with van der Waals surface area (Å²) in [5.41, 5.74) is 0.924. The molecule has 0 saturated heterocycles. The van der Waals surface area contributed by atoms with E-state index in [1.807, 2.05) is 18.7 Å². The zero-order valence-electron chi connectivity index (χ0n) is 12.0. The van der Waals surface area contributed by atoms with E-state index in [4.69, 9.17) is 5.11 Å². The third-order valence-electron chi connectivity index (χ3n) is 3.64. The van der Waals surface area contributed by atoms with Gasteiger partial charge in [-0.05, 0) is 19.3 Å². The molecule has 110 valence electrons. The standard InChI is InChI=1S/C15H22N2O2S/c1-2-6-13-12(15(18)19)9-16-14(17-13)10-20-11-7-4-3-5-8-11/h9,11H,2-8,10H2,1H3,(H,18,19). The molecule has 1 aliphatic carbocycles. The van der Waals surface area contributed by atoms with Gasteiger partial charge in [0.25, 0.3) is 0 Å². The maximum atomic E-state index is 11.1. The number of rotatable bonds is 6. The lowest BCUT2D eigenvalue weighted by molar-refractivity contribution is 0.0694. The van der Waals surface area contributed by atoms with Gasteiger partial charge in [-0.1, -0.05) is 32.6 Å². The summed E-state index contributed by atoms with van der Waals surface area (Å²) < 4.78 is 0. The second kappa shape index (κ2) is 7.62. The van der Waals surface area contributed by atoms with Crippen LogP contribution in [0.25, 0.3) is 0 Å². The van der Waals surface area contributed by atoms with Crippen molar-refractivity contribution in [2.75, 3.05) is 0 Å². The van der Waals surface area contributed by atoms with Gasteiger partial charge in [0.05, 0.1) is 17.0 Å². The first-order valence-electron chi connectivity index (χ1n) is 7.40. The number of thioether (sulfide) groups is 1. The molecule has 1 aromatic rings. The number of hydrogen-bond donors (Lipinski definition) is 1. The summed E-state index contributed by atoms with van der Waals surface area (Å²) in [7, 11) is 0. The summed E-state index contributed by atoms with van der Waals surface area (Å²) in [6, 6.07) is 0. The normalized spacial score (nSPS) is 16.2. The van der Waals surface area contributed by atoms with Crippen LogP contribution in [-0.4, -0.2) is 26.3 Å². The van der Waals surface area contributed by atoms with Gasteiger partial charge in [0.2, 0.25) is 0 Å². The summed E-state index contributed by atoms with van der Waals surface area (Å²) >= 11 is 1.92. The topological polar surface area (TPSA) is 63.1 Å². The molecular formula is C15H22N2O2S. The first kappa shape index (κ1) is 15.3. The van der Waals surface area contributed by atoms with Crippen molar-refractivity contribution in [1.82, 2.24) is 9.97 Å². The smallest absolute Gasteiger partial charge is 0.339 e. The summed E-state index contributed by atoms with van der Waals surface area (Å²) in [4.78, 5) is 19.8. The van der Waals surface area contributed by atoms with Crippen LogP contribution in [-0.2, 0) is 12.2 Å². The molecule has 5 heteroatoms. The molecule has 1 fully saturated rings. The van der Waals surface area contributed by atoms with E-state index >= 15 is 0 Å².